The molecule has 0 radical (unpaired) electrons. The average Bonchev–Trinajstić information content (AvgIpc) is 2.49. The van der Waals surface area contributed by atoms with Crippen LogP contribution in [0.2, 0.25) is 10.0 Å². The minimum atomic E-state index is -4.33. The number of hydrogen-bond donors (Lipinski definition) is 3. The van der Waals surface area contributed by atoms with Crippen LogP contribution in [-0.4, -0.2) is 26.3 Å². The number of benzene rings is 1. The first kappa shape index (κ1) is 19.8. The Labute approximate surface area is 152 Å². The summed E-state index contributed by atoms with van der Waals surface area (Å²) < 4.78 is 21.3. The van der Waals surface area contributed by atoms with Crippen LogP contribution in [0.25, 0.3) is 0 Å². The van der Waals surface area contributed by atoms with Gasteiger partial charge in [0, 0.05) is 23.8 Å². The van der Waals surface area contributed by atoms with E-state index in [0.29, 0.717) is 5.56 Å². The second-order valence-electron chi connectivity index (χ2n) is 5.40. The van der Waals surface area contributed by atoms with E-state index in [9.17, 15) is 9.36 Å². The van der Waals surface area contributed by atoms with E-state index >= 15 is 0 Å². The summed E-state index contributed by atoms with van der Waals surface area (Å²) in [6.45, 7) is 3.70. The van der Waals surface area contributed by atoms with Gasteiger partial charge in [0.15, 0.2) is 12.1 Å². The van der Waals surface area contributed by atoms with Gasteiger partial charge in [-0.15, -0.1) is 5.10 Å². The molecule has 2 aromatic rings. The Morgan fingerprint density at radius 1 is 1.24 bits per heavy atom. The number of aromatic nitrogens is 2. The molecule has 1 aromatic heterocycles. The first-order valence-corrected chi connectivity index (χ1v) is 9.56. The minimum absolute atomic E-state index is 0.0384. The molecular weight excluding hydrogens is 394 g/mol. The smallest absolute Gasteiger partial charge is 0.362 e. The van der Waals surface area contributed by atoms with Gasteiger partial charge in [0.1, 0.15) is 5.75 Å². The topological polar surface area (TPSA) is 122 Å². The largest absolute Gasteiger partial charge is 0.481 e. The van der Waals surface area contributed by atoms with Crippen molar-refractivity contribution in [3.8, 4) is 17.4 Å². The SMILES string of the molecule is CC(C)c1cc(Oc2c(Cl)cc(OCP(=O)(O)O)cc2Cl)n[nH]c1=O. The van der Waals surface area contributed by atoms with Gasteiger partial charge in [0.05, 0.1) is 10.0 Å². The lowest BCUT2D eigenvalue weighted by molar-refractivity contribution is 0.300. The molecule has 1 aromatic carbocycles. The third-order valence-electron chi connectivity index (χ3n) is 3.01. The Hall–Kier alpha value is -1.57. The fourth-order valence-electron chi connectivity index (χ4n) is 1.86. The number of aromatic amines is 1. The van der Waals surface area contributed by atoms with E-state index in [0.717, 1.165) is 0 Å². The van der Waals surface area contributed by atoms with Crippen LogP contribution in [0.15, 0.2) is 23.0 Å². The van der Waals surface area contributed by atoms with Crippen molar-refractivity contribution in [1.82, 2.24) is 10.2 Å². The highest BCUT2D eigenvalue weighted by Crippen LogP contribution is 2.41. The zero-order valence-corrected chi connectivity index (χ0v) is 15.6. The highest BCUT2D eigenvalue weighted by atomic mass is 35.5. The Morgan fingerprint density at radius 3 is 2.36 bits per heavy atom. The number of H-pyrrole nitrogens is 1. The summed E-state index contributed by atoms with van der Waals surface area (Å²) in [4.78, 5) is 29.3. The van der Waals surface area contributed by atoms with Crippen molar-refractivity contribution in [1.29, 1.82) is 0 Å². The molecule has 0 aliphatic heterocycles. The van der Waals surface area contributed by atoms with E-state index in [2.05, 4.69) is 10.2 Å². The van der Waals surface area contributed by atoms with E-state index in [1.165, 1.54) is 18.2 Å². The molecule has 0 aliphatic rings. The molecule has 1 heterocycles. The Kier molecular flexibility index (Phi) is 6.13. The van der Waals surface area contributed by atoms with E-state index in [-0.39, 0.29) is 38.9 Å². The predicted octanol–water partition coefficient (Wildman–Crippen LogP) is 3.51. The lowest BCUT2D eigenvalue weighted by Crippen LogP contribution is -2.15. The molecule has 2 rings (SSSR count). The quantitative estimate of drug-likeness (QED) is 0.625. The standard InChI is InChI=1S/C14H15Cl2N2O6P/c1-7(2)9-5-12(17-18-14(9)19)24-13-10(15)3-8(4-11(13)16)23-6-25(20,21)22/h3-5,7H,6H2,1-2H3,(H,18,19)(H2,20,21,22). The van der Waals surface area contributed by atoms with Crippen molar-refractivity contribution in [3.05, 3.63) is 44.2 Å². The Morgan fingerprint density at radius 2 is 1.84 bits per heavy atom. The highest BCUT2D eigenvalue weighted by Gasteiger charge is 2.17. The second-order valence-corrected chi connectivity index (χ2v) is 7.80. The number of ether oxygens (including phenoxy) is 2. The van der Waals surface area contributed by atoms with E-state index in [1.54, 1.807) is 0 Å². The summed E-state index contributed by atoms with van der Waals surface area (Å²) >= 11 is 12.2. The van der Waals surface area contributed by atoms with Crippen molar-refractivity contribution in [2.45, 2.75) is 19.8 Å². The normalized spacial score (nSPS) is 11.6. The third-order valence-corrected chi connectivity index (χ3v) is 4.04. The zero-order chi connectivity index (χ0) is 18.8. The van der Waals surface area contributed by atoms with Crippen LogP contribution in [0.1, 0.15) is 25.3 Å². The van der Waals surface area contributed by atoms with Crippen molar-refractivity contribution in [2.24, 2.45) is 0 Å². The first-order valence-electron chi connectivity index (χ1n) is 7.00. The van der Waals surface area contributed by atoms with Crippen LogP contribution in [0.5, 0.6) is 17.4 Å². The van der Waals surface area contributed by atoms with Crippen LogP contribution in [0.3, 0.4) is 0 Å². The lowest BCUT2D eigenvalue weighted by atomic mass is 10.1. The molecular formula is C14H15Cl2N2O6P. The maximum Gasteiger partial charge on any atom is 0.362 e. The molecule has 0 fully saturated rings. The van der Waals surface area contributed by atoms with Gasteiger partial charge >= 0.3 is 7.60 Å². The maximum absolute atomic E-state index is 11.7. The van der Waals surface area contributed by atoms with Crippen LogP contribution in [-0.2, 0) is 4.57 Å². The number of nitrogens with one attached hydrogen (secondary N) is 1. The van der Waals surface area contributed by atoms with Gasteiger partial charge in [-0.25, -0.2) is 5.10 Å². The molecule has 0 saturated carbocycles. The molecule has 0 spiro atoms. The van der Waals surface area contributed by atoms with Crippen LogP contribution < -0.4 is 15.0 Å². The predicted molar refractivity (Wildman–Crippen MR) is 93.0 cm³/mol. The van der Waals surface area contributed by atoms with Gasteiger partial charge in [-0.3, -0.25) is 9.36 Å². The molecule has 136 valence electrons. The van der Waals surface area contributed by atoms with Crippen LogP contribution in [0.4, 0.5) is 0 Å². The van der Waals surface area contributed by atoms with Gasteiger partial charge in [0.25, 0.3) is 5.56 Å². The molecule has 0 aliphatic carbocycles. The molecule has 0 bridgehead atoms. The summed E-state index contributed by atoms with van der Waals surface area (Å²) in [6, 6.07) is 4.08. The van der Waals surface area contributed by atoms with Gasteiger partial charge in [0.2, 0.25) is 5.88 Å². The van der Waals surface area contributed by atoms with E-state index < -0.39 is 13.9 Å². The second kappa shape index (κ2) is 7.76. The molecule has 3 N–H and O–H groups in total. The first-order chi connectivity index (χ1) is 11.6. The lowest BCUT2D eigenvalue weighted by Gasteiger charge is -2.13. The summed E-state index contributed by atoms with van der Waals surface area (Å²) in [5, 5.41) is 6.20. The molecule has 0 saturated heterocycles. The van der Waals surface area contributed by atoms with E-state index in [1.807, 2.05) is 13.8 Å². The minimum Gasteiger partial charge on any atom is -0.481 e. The fourth-order valence-corrected chi connectivity index (χ4v) is 2.72. The summed E-state index contributed by atoms with van der Waals surface area (Å²) in [6.07, 6.45) is -0.806. The molecule has 25 heavy (non-hydrogen) atoms. The van der Waals surface area contributed by atoms with Crippen molar-refractivity contribution in [2.75, 3.05) is 6.35 Å². The Balaban J connectivity index is 2.27. The fraction of sp³-hybridized carbons (Fsp3) is 0.286. The maximum atomic E-state index is 11.7. The van der Waals surface area contributed by atoms with Gasteiger partial charge in [-0.05, 0) is 5.92 Å². The van der Waals surface area contributed by atoms with Crippen molar-refractivity contribution < 1.29 is 23.8 Å². The zero-order valence-electron chi connectivity index (χ0n) is 13.2. The highest BCUT2D eigenvalue weighted by molar-refractivity contribution is 7.51. The van der Waals surface area contributed by atoms with Crippen LogP contribution >= 0.6 is 30.8 Å². The molecule has 0 atom stereocenters. The Bertz CT molecular complexity index is 857. The number of hydrogen-bond acceptors (Lipinski definition) is 5. The molecule has 0 unspecified atom stereocenters. The van der Waals surface area contributed by atoms with Crippen LogP contribution in [0, 0.1) is 0 Å². The summed E-state index contributed by atoms with van der Waals surface area (Å²) in [5.74, 6) is 0.198. The summed E-state index contributed by atoms with van der Waals surface area (Å²) in [7, 11) is -4.33. The molecule has 11 heteroatoms. The van der Waals surface area contributed by atoms with Crippen molar-refractivity contribution in [3.63, 3.8) is 0 Å². The number of rotatable bonds is 6. The average molecular weight is 409 g/mol. The monoisotopic (exact) mass is 408 g/mol. The van der Waals surface area contributed by atoms with Gasteiger partial charge in [-0.2, -0.15) is 0 Å². The summed E-state index contributed by atoms with van der Waals surface area (Å²) in [5.41, 5.74) is 0.166. The molecule has 8 nitrogen and oxygen atoms in total. The molecule has 0 amide bonds. The van der Waals surface area contributed by atoms with Gasteiger partial charge in [-0.1, -0.05) is 37.0 Å². The van der Waals surface area contributed by atoms with Crippen molar-refractivity contribution >= 4 is 30.8 Å². The number of halogens is 2. The number of nitrogens with zero attached hydrogens (tertiary/aromatic N) is 1. The van der Waals surface area contributed by atoms with Gasteiger partial charge < -0.3 is 19.3 Å². The third kappa shape index (κ3) is 5.45. The van der Waals surface area contributed by atoms with E-state index in [4.69, 9.17) is 42.5 Å².